The van der Waals surface area contributed by atoms with E-state index < -0.39 is 0 Å². The van der Waals surface area contributed by atoms with Gasteiger partial charge in [-0.3, -0.25) is 0 Å². The van der Waals surface area contributed by atoms with Crippen molar-refractivity contribution in [3.8, 4) is 0 Å². The Kier molecular flexibility index (Phi) is 4.57. The topological polar surface area (TPSA) is 50.8 Å². The van der Waals surface area contributed by atoms with Gasteiger partial charge in [0.1, 0.15) is 11.6 Å². The second-order valence-electron chi connectivity index (χ2n) is 6.85. The molecule has 26 heavy (non-hydrogen) atoms. The highest BCUT2D eigenvalue weighted by atomic mass is 16.5. The summed E-state index contributed by atoms with van der Waals surface area (Å²) in [6.07, 6.45) is 19.9. The largest absolute Gasteiger partial charge is 0.491 e. The minimum Gasteiger partial charge on any atom is -0.491 e. The number of allylic oxidation sites excluding steroid dienone is 9. The molecule has 0 fully saturated rings. The molecule has 2 aliphatic rings. The summed E-state index contributed by atoms with van der Waals surface area (Å²) in [5.41, 5.74) is 5.21. The van der Waals surface area contributed by atoms with Crippen LogP contribution in [0.5, 0.6) is 0 Å². The average Bonchev–Trinajstić information content (AvgIpc) is 2.94. The average molecular weight is 345 g/mol. The first kappa shape index (κ1) is 16.6. The number of aromatic nitrogens is 3. The number of H-pyrrole nitrogens is 1. The van der Waals surface area contributed by atoms with Crippen molar-refractivity contribution >= 4 is 22.3 Å². The lowest BCUT2D eigenvalue weighted by Gasteiger charge is -2.09. The van der Waals surface area contributed by atoms with Gasteiger partial charge in [0.15, 0.2) is 5.65 Å². The fraction of sp³-hybridized carbons (Fsp3) is 0.273. The van der Waals surface area contributed by atoms with Crippen LogP contribution in [-0.4, -0.2) is 21.1 Å². The van der Waals surface area contributed by atoms with Crippen molar-refractivity contribution < 1.29 is 4.74 Å². The summed E-state index contributed by atoms with van der Waals surface area (Å²) in [4.78, 5) is 12.7. The van der Waals surface area contributed by atoms with Crippen LogP contribution in [0, 0.1) is 0 Å². The smallest absolute Gasteiger partial charge is 0.178 e. The van der Waals surface area contributed by atoms with Gasteiger partial charge in [0, 0.05) is 11.8 Å². The van der Waals surface area contributed by atoms with E-state index in [0.717, 1.165) is 53.1 Å². The summed E-state index contributed by atoms with van der Waals surface area (Å²) in [6.45, 7) is 4.07. The van der Waals surface area contributed by atoms with Crippen LogP contribution in [0.1, 0.15) is 44.5 Å². The number of pyridine rings is 1. The van der Waals surface area contributed by atoms with Gasteiger partial charge in [-0.15, -0.1) is 0 Å². The molecule has 0 amide bonds. The van der Waals surface area contributed by atoms with Crippen LogP contribution in [0.25, 0.3) is 22.3 Å². The molecule has 2 aromatic rings. The van der Waals surface area contributed by atoms with E-state index in [0.29, 0.717) is 0 Å². The maximum absolute atomic E-state index is 5.78. The van der Waals surface area contributed by atoms with Gasteiger partial charge in [-0.25, -0.2) is 9.97 Å². The molecule has 4 heteroatoms. The number of aromatic amines is 1. The Balaban J connectivity index is 1.61. The minimum atomic E-state index is 0.171. The van der Waals surface area contributed by atoms with Crippen molar-refractivity contribution in [2.24, 2.45) is 0 Å². The van der Waals surface area contributed by atoms with Crippen LogP contribution in [0.3, 0.4) is 0 Å². The van der Waals surface area contributed by atoms with Gasteiger partial charge in [0.25, 0.3) is 0 Å². The zero-order valence-corrected chi connectivity index (χ0v) is 15.2. The van der Waals surface area contributed by atoms with Gasteiger partial charge in [-0.1, -0.05) is 30.4 Å². The zero-order chi connectivity index (χ0) is 17.9. The van der Waals surface area contributed by atoms with Crippen LogP contribution in [0.15, 0.2) is 60.6 Å². The Labute approximate surface area is 153 Å². The zero-order valence-electron chi connectivity index (χ0n) is 15.2. The molecule has 0 spiro atoms. The maximum Gasteiger partial charge on any atom is 0.178 e. The Morgan fingerprint density at radius 3 is 2.88 bits per heavy atom. The van der Waals surface area contributed by atoms with Crippen molar-refractivity contribution in [2.75, 3.05) is 0 Å². The molecule has 2 heterocycles. The summed E-state index contributed by atoms with van der Waals surface area (Å²) in [5.74, 6) is 1.77. The van der Waals surface area contributed by atoms with Gasteiger partial charge in [0.05, 0.1) is 11.6 Å². The number of imidazole rings is 1. The molecule has 1 N–H and O–H groups in total. The van der Waals surface area contributed by atoms with Crippen LogP contribution in [-0.2, 0) is 4.74 Å². The second kappa shape index (κ2) is 7.16. The molecule has 0 radical (unpaired) electrons. The summed E-state index contributed by atoms with van der Waals surface area (Å²) in [5, 5.41) is 0. The summed E-state index contributed by atoms with van der Waals surface area (Å²) >= 11 is 0. The highest BCUT2D eigenvalue weighted by molar-refractivity contribution is 5.83. The fourth-order valence-corrected chi connectivity index (χ4v) is 3.18. The van der Waals surface area contributed by atoms with Gasteiger partial charge in [-0.05, 0) is 62.5 Å². The molecule has 132 valence electrons. The maximum atomic E-state index is 5.78. The normalized spacial score (nSPS) is 17.1. The van der Waals surface area contributed by atoms with Crippen LogP contribution >= 0.6 is 0 Å². The van der Waals surface area contributed by atoms with Crippen molar-refractivity contribution in [1.29, 1.82) is 0 Å². The van der Waals surface area contributed by atoms with E-state index in [4.69, 9.17) is 4.74 Å². The van der Waals surface area contributed by atoms with Crippen LogP contribution in [0.2, 0.25) is 0 Å². The van der Waals surface area contributed by atoms with Crippen molar-refractivity contribution in [3.05, 3.63) is 71.9 Å². The Morgan fingerprint density at radius 2 is 2.08 bits per heavy atom. The first-order valence-corrected chi connectivity index (χ1v) is 9.16. The third kappa shape index (κ3) is 3.54. The molecule has 0 aromatic carbocycles. The van der Waals surface area contributed by atoms with Gasteiger partial charge in [-0.2, -0.15) is 0 Å². The summed E-state index contributed by atoms with van der Waals surface area (Å²) in [6, 6.07) is 2.14. The lowest BCUT2D eigenvalue weighted by Crippen LogP contribution is -2.00. The number of ether oxygens (including phenoxy) is 1. The molecular formula is C22H23N3O. The lowest BCUT2D eigenvalue weighted by molar-refractivity contribution is 0.157. The molecule has 4 nitrogen and oxygen atoms in total. The van der Waals surface area contributed by atoms with Crippen molar-refractivity contribution in [3.63, 3.8) is 0 Å². The Bertz CT molecular complexity index is 970. The second-order valence-corrected chi connectivity index (χ2v) is 6.85. The van der Waals surface area contributed by atoms with Crippen LogP contribution < -0.4 is 0 Å². The van der Waals surface area contributed by atoms with E-state index in [1.165, 1.54) is 5.57 Å². The van der Waals surface area contributed by atoms with Gasteiger partial charge in [0.2, 0.25) is 0 Å². The third-order valence-corrected chi connectivity index (χ3v) is 4.42. The molecule has 0 saturated heterocycles. The lowest BCUT2D eigenvalue weighted by atomic mass is 10.0. The van der Waals surface area contributed by atoms with E-state index in [1.54, 1.807) is 0 Å². The number of rotatable bonds is 4. The molecular weight excluding hydrogens is 322 g/mol. The number of hydrogen-bond donors (Lipinski definition) is 1. The van der Waals surface area contributed by atoms with E-state index in [2.05, 4.69) is 51.4 Å². The first-order chi connectivity index (χ1) is 12.7. The molecule has 0 unspecified atom stereocenters. The minimum absolute atomic E-state index is 0.171. The summed E-state index contributed by atoms with van der Waals surface area (Å²) in [7, 11) is 0. The quantitative estimate of drug-likeness (QED) is 0.813. The van der Waals surface area contributed by atoms with Gasteiger partial charge >= 0.3 is 0 Å². The van der Waals surface area contributed by atoms with Crippen LogP contribution in [0.4, 0.5) is 0 Å². The number of fused-ring (bicyclic) bond motifs is 1. The number of nitrogens with zero attached hydrogens (tertiary/aromatic N) is 2. The molecule has 0 atom stereocenters. The monoisotopic (exact) mass is 345 g/mol. The van der Waals surface area contributed by atoms with Crippen molar-refractivity contribution in [2.45, 2.75) is 39.2 Å². The van der Waals surface area contributed by atoms with E-state index in [1.807, 2.05) is 32.2 Å². The molecule has 2 aromatic heterocycles. The molecule has 0 bridgehead atoms. The van der Waals surface area contributed by atoms with Crippen molar-refractivity contribution in [1.82, 2.24) is 15.0 Å². The Morgan fingerprint density at radius 1 is 1.15 bits per heavy atom. The standard InChI is InChI=1S/C22H23N3O/c1-15(2)26-19-10-6-9-17(11-12-19)21-24-20-13-18(14-23-22(20)25-21)16-7-4-3-5-8-16/h4,6-10,12-15H,3,5,11H2,1-2H3,(H,23,24,25). The molecule has 2 aliphatic carbocycles. The molecule has 0 aliphatic heterocycles. The predicted octanol–water partition coefficient (Wildman–Crippen LogP) is 5.34. The number of hydrogen-bond acceptors (Lipinski definition) is 3. The fourth-order valence-electron chi connectivity index (χ4n) is 3.18. The summed E-state index contributed by atoms with van der Waals surface area (Å²) < 4.78 is 5.78. The third-order valence-electron chi connectivity index (χ3n) is 4.42. The number of nitrogens with one attached hydrogen (secondary N) is 1. The highest BCUT2D eigenvalue weighted by Crippen LogP contribution is 2.26. The molecule has 4 rings (SSSR count). The predicted molar refractivity (Wildman–Crippen MR) is 106 cm³/mol. The van der Waals surface area contributed by atoms with Gasteiger partial charge < -0.3 is 9.72 Å². The molecule has 0 saturated carbocycles. The van der Waals surface area contributed by atoms with E-state index in [-0.39, 0.29) is 6.10 Å². The Hall–Kier alpha value is -2.88. The SMILES string of the molecule is CC(C)OC1=CCC(c2nc3ncc(C4=CCCC=C4)cc3[nH]2)=CC=C1. The van der Waals surface area contributed by atoms with E-state index >= 15 is 0 Å². The highest BCUT2D eigenvalue weighted by Gasteiger charge is 2.12. The van der Waals surface area contributed by atoms with E-state index in [9.17, 15) is 0 Å². The first-order valence-electron chi connectivity index (χ1n) is 9.16.